The number of piperidine rings is 1. The van der Waals surface area contributed by atoms with E-state index in [-0.39, 0.29) is 45.4 Å². The van der Waals surface area contributed by atoms with Crippen molar-refractivity contribution in [2.75, 3.05) is 46.0 Å². The summed E-state index contributed by atoms with van der Waals surface area (Å²) in [4.78, 5) is 11.8. The van der Waals surface area contributed by atoms with Crippen molar-refractivity contribution in [1.82, 2.24) is 8.61 Å². The van der Waals surface area contributed by atoms with Gasteiger partial charge in [-0.3, -0.25) is 4.79 Å². The van der Waals surface area contributed by atoms with Gasteiger partial charge in [0.1, 0.15) is 0 Å². The molecular weight excluding hydrogens is 300 g/mol. The summed E-state index contributed by atoms with van der Waals surface area (Å²) >= 11 is 0. The Kier molecular flexibility index (Phi) is 7.53. The lowest BCUT2D eigenvalue weighted by Gasteiger charge is -2.34. The fraction of sp³-hybridized carbons (Fsp3) is 0.917. The van der Waals surface area contributed by atoms with Crippen LogP contribution in [-0.2, 0) is 19.7 Å². The number of hydrogen-bond acceptors (Lipinski definition) is 6. The predicted octanol–water partition coefficient (Wildman–Crippen LogP) is -1.21. The van der Waals surface area contributed by atoms with Crippen molar-refractivity contribution < 1.29 is 28.2 Å². The second-order valence-electron chi connectivity index (χ2n) is 4.80. The normalized spacial score (nSPS) is 20.7. The average Bonchev–Trinajstić information content (AvgIpc) is 2.47. The average molecular weight is 324 g/mol. The van der Waals surface area contributed by atoms with Crippen molar-refractivity contribution >= 4 is 16.2 Å². The van der Waals surface area contributed by atoms with Gasteiger partial charge < -0.3 is 14.9 Å². The Labute approximate surface area is 125 Å². The van der Waals surface area contributed by atoms with E-state index in [1.54, 1.807) is 6.92 Å². The molecule has 1 fully saturated rings. The zero-order valence-electron chi connectivity index (χ0n) is 12.3. The van der Waals surface area contributed by atoms with E-state index in [9.17, 15) is 13.2 Å². The molecule has 1 atom stereocenters. The predicted molar refractivity (Wildman–Crippen MR) is 75.6 cm³/mol. The zero-order valence-corrected chi connectivity index (χ0v) is 13.1. The first-order valence-electron chi connectivity index (χ1n) is 7.11. The third-order valence-corrected chi connectivity index (χ3v) is 5.36. The first kappa shape index (κ1) is 18.3. The summed E-state index contributed by atoms with van der Waals surface area (Å²) in [6.45, 7) is 1.57. The van der Waals surface area contributed by atoms with Crippen LogP contribution < -0.4 is 0 Å². The highest BCUT2D eigenvalue weighted by Gasteiger charge is 2.36. The molecule has 0 aromatic carbocycles. The van der Waals surface area contributed by atoms with Gasteiger partial charge in [0.05, 0.1) is 25.7 Å². The molecule has 1 saturated heterocycles. The molecule has 0 aliphatic carbocycles. The van der Waals surface area contributed by atoms with Gasteiger partial charge >= 0.3 is 5.97 Å². The highest BCUT2D eigenvalue weighted by atomic mass is 32.2. The molecule has 0 radical (unpaired) electrons. The number of carbonyl (C=O) groups is 1. The van der Waals surface area contributed by atoms with Crippen LogP contribution in [0.3, 0.4) is 0 Å². The lowest BCUT2D eigenvalue weighted by molar-refractivity contribution is -0.149. The largest absolute Gasteiger partial charge is 0.466 e. The molecule has 21 heavy (non-hydrogen) atoms. The summed E-state index contributed by atoms with van der Waals surface area (Å²) in [7, 11) is -3.79. The molecule has 8 nitrogen and oxygen atoms in total. The van der Waals surface area contributed by atoms with Gasteiger partial charge in [-0.15, -0.1) is 0 Å². The zero-order chi connectivity index (χ0) is 15.9. The fourth-order valence-electron chi connectivity index (χ4n) is 2.33. The van der Waals surface area contributed by atoms with Gasteiger partial charge in [0.15, 0.2) is 0 Å². The van der Waals surface area contributed by atoms with Crippen LogP contribution in [0.1, 0.15) is 19.8 Å². The molecule has 2 N–H and O–H groups in total. The second-order valence-corrected chi connectivity index (χ2v) is 6.73. The quantitative estimate of drug-likeness (QED) is 0.543. The number of carbonyl (C=O) groups excluding carboxylic acids is 1. The Balaban J connectivity index is 2.79. The van der Waals surface area contributed by atoms with Crippen LogP contribution in [0, 0.1) is 5.92 Å². The minimum Gasteiger partial charge on any atom is -0.466 e. The molecule has 1 rings (SSSR count). The number of esters is 1. The molecule has 124 valence electrons. The third kappa shape index (κ3) is 4.89. The number of aliphatic hydroxyl groups is 2. The summed E-state index contributed by atoms with van der Waals surface area (Å²) in [5.74, 6) is -0.841. The van der Waals surface area contributed by atoms with E-state index in [0.29, 0.717) is 19.4 Å². The molecular formula is C12H24N2O6S. The first-order valence-corrected chi connectivity index (χ1v) is 8.50. The SMILES string of the molecule is CCOC(=O)C1CCCN(S(=O)(=O)N(CCO)CCO)C1. The molecule has 0 bridgehead atoms. The Bertz CT molecular complexity index is 421. The van der Waals surface area contributed by atoms with E-state index >= 15 is 0 Å². The van der Waals surface area contributed by atoms with Gasteiger partial charge in [0, 0.05) is 26.2 Å². The summed E-state index contributed by atoms with van der Waals surface area (Å²) in [6, 6.07) is 0. The summed E-state index contributed by atoms with van der Waals surface area (Å²) < 4.78 is 32.1. The fourth-order valence-corrected chi connectivity index (χ4v) is 4.01. The number of nitrogens with zero attached hydrogens (tertiary/aromatic N) is 2. The molecule has 1 aliphatic heterocycles. The Morgan fingerprint density at radius 2 is 1.95 bits per heavy atom. The topological polar surface area (TPSA) is 107 Å². The molecule has 1 heterocycles. The molecule has 1 aliphatic rings. The molecule has 0 saturated carbocycles. The van der Waals surface area contributed by atoms with Crippen LogP contribution in [0.15, 0.2) is 0 Å². The van der Waals surface area contributed by atoms with E-state index in [4.69, 9.17) is 14.9 Å². The van der Waals surface area contributed by atoms with Crippen molar-refractivity contribution in [3.8, 4) is 0 Å². The molecule has 9 heteroatoms. The number of ether oxygens (including phenoxy) is 1. The smallest absolute Gasteiger partial charge is 0.310 e. The molecule has 0 aromatic rings. The van der Waals surface area contributed by atoms with E-state index in [2.05, 4.69) is 0 Å². The standard InChI is InChI=1S/C12H24N2O6S/c1-2-20-12(17)11-4-3-5-14(10-11)21(18,19)13(6-8-15)7-9-16/h11,15-16H,2-10H2,1H3. The second kappa shape index (κ2) is 8.64. The highest BCUT2D eigenvalue weighted by molar-refractivity contribution is 7.86. The van der Waals surface area contributed by atoms with Gasteiger partial charge in [-0.25, -0.2) is 0 Å². The van der Waals surface area contributed by atoms with Crippen LogP contribution in [0.5, 0.6) is 0 Å². The number of aliphatic hydroxyl groups excluding tert-OH is 2. The Hall–Kier alpha value is -0.740. The first-order chi connectivity index (χ1) is 9.97. The summed E-state index contributed by atoms with van der Waals surface area (Å²) in [6.07, 6.45) is 1.18. The maximum absolute atomic E-state index is 12.5. The number of rotatable bonds is 8. The maximum atomic E-state index is 12.5. The van der Waals surface area contributed by atoms with Gasteiger partial charge in [-0.2, -0.15) is 17.0 Å². The number of hydrogen-bond donors (Lipinski definition) is 2. The Morgan fingerprint density at radius 3 is 2.48 bits per heavy atom. The summed E-state index contributed by atoms with van der Waals surface area (Å²) in [5.41, 5.74) is 0. The van der Waals surface area contributed by atoms with Crippen LogP contribution in [0.2, 0.25) is 0 Å². The van der Waals surface area contributed by atoms with Crippen molar-refractivity contribution in [3.05, 3.63) is 0 Å². The monoisotopic (exact) mass is 324 g/mol. The van der Waals surface area contributed by atoms with Crippen molar-refractivity contribution in [2.24, 2.45) is 5.92 Å². The van der Waals surface area contributed by atoms with Gasteiger partial charge in [0.25, 0.3) is 10.2 Å². The van der Waals surface area contributed by atoms with Gasteiger partial charge in [0.2, 0.25) is 0 Å². The maximum Gasteiger partial charge on any atom is 0.310 e. The molecule has 0 amide bonds. The van der Waals surface area contributed by atoms with E-state index in [1.807, 2.05) is 0 Å². The van der Waals surface area contributed by atoms with Crippen LogP contribution in [-0.4, -0.2) is 79.2 Å². The van der Waals surface area contributed by atoms with E-state index in [0.717, 1.165) is 4.31 Å². The van der Waals surface area contributed by atoms with Crippen molar-refractivity contribution in [3.63, 3.8) is 0 Å². The molecule has 1 unspecified atom stereocenters. The molecule has 0 aromatic heterocycles. The van der Waals surface area contributed by atoms with Gasteiger partial charge in [-0.05, 0) is 19.8 Å². The Morgan fingerprint density at radius 1 is 1.33 bits per heavy atom. The minimum atomic E-state index is -3.79. The van der Waals surface area contributed by atoms with E-state index in [1.165, 1.54) is 4.31 Å². The summed E-state index contributed by atoms with van der Waals surface area (Å²) in [5, 5.41) is 17.9. The van der Waals surface area contributed by atoms with Crippen molar-refractivity contribution in [1.29, 1.82) is 0 Å². The molecule has 0 spiro atoms. The lowest BCUT2D eigenvalue weighted by Crippen LogP contribution is -2.50. The lowest BCUT2D eigenvalue weighted by atomic mass is 10.0. The van der Waals surface area contributed by atoms with E-state index < -0.39 is 16.1 Å². The van der Waals surface area contributed by atoms with Crippen LogP contribution >= 0.6 is 0 Å². The minimum absolute atomic E-state index is 0.0779. The highest BCUT2D eigenvalue weighted by Crippen LogP contribution is 2.22. The van der Waals surface area contributed by atoms with Gasteiger partial charge in [-0.1, -0.05) is 0 Å². The van der Waals surface area contributed by atoms with Crippen LogP contribution in [0.4, 0.5) is 0 Å². The van der Waals surface area contributed by atoms with Crippen LogP contribution in [0.25, 0.3) is 0 Å². The van der Waals surface area contributed by atoms with Crippen molar-refractivity contribution in [2.45, 2.75) is 19.8 Å². The third-order valence-electron chi connectivity index (χ3n) is 3.36.